The fraction of sp³-hybridized carbons (Fsp3) is 0.441. The highest BCUT2D eigenvalue weighted by molar-refractivity contribution is 5.58. The normalized spacial score (nSPS) is 21.0. The average Bonchev–Trinajstić information content (AvgIpc) is 3.41. The molecule has 0 bridgehead atoms. The SMILES string of the molecule is CC(C)(C)c1ccc(O[C@H](C=O)Cc2ccc(OCCN3C[C@@H]4[C@H](C3)[C@H]4NCc3cccc(C(F)(F)F)c3)cc2)cc1. The number of carbonyl (C=O) groups is 1. The topological polar surface area (TPSA) is 50.8 Å². The molecule has 3 aromatic rings. The number of halogens is 3. The number of hydrogen-bond acceptors (Lipinski definition) is 5. The summed E-state index contributed by atoms with van der Waals surface area (Å²) in [5.74, 6) is 2.54. The Kier molecular flexibility index (Phi) is 8.94. The van der Waals surface area contributed by atoms with E-state index in [-0.39, 0.29) is 5.41 Å². The summed E-state index contributed by atoms with van der Waals surface area (Å²) < 4.78 is 50.7. The van der Waals surface area contributed by atoms with Gasteiger partial charge >= 0.3 is 6.18 Å². The molecule has 1 N–H and O–H groups in total. The van der Waals surface area contributed by atoms with Crippen molar-refractivity contribution in [1.82, 2.24) is 10.2 Å². The summed E-state index contributed by atoms with van der Waals surface area (Å²) in [5.41, 5.74) is 2.32. The number of nitrogens with zero attached hydrogens (tertiary/aromatic N) is 1. The van der Waals surface area contributed by atoms with Crippen molar-refractivity contribution < 1.29 is 27.4 Å². The minimum Gasteiger partial charge on any atom is -0.492 e. The van der Waals surface area contributed by atoms with E-state index < -0.39 is 17.8 Å². The molecule has 2 fully saturated rings. The van der Waals surface area contributed by atoms with Crippen LogP contribution in [0.4, 0.5) is 13.2 Å². The summed E-state index contributed by atoms with van der Waals surface area (Å²) in [7, 11) is 0. The molecule has 0 aromatic heterocycles. The Balaban J connectivity index is 0.996. The molecule has 42 heavy (non-hydrogen) atoms. The predicted molar refractivity (Wildman–Crippen MR) is 157 cm³/mol. The number of ether oxygens (including phenoxy) is 2. The molecule has 2 aliphatic rings. The largest absolute Gasteiger partial charge is 0.492 e. The van der Waals surface area contributed by atoms with Crippen LogP contribution in [0.3, 0.4) is 0 Å². The number of carbonyl (C=O) groups excluding carboxylic acids is 1. The van der Waals surface area contributed by atoms with E-state index >= 15 is 0 Å². The first-order valence-electron chi connectivity index (χ1n) is 14.6. The number of benzene rings is 3. The molecule has 4 atom stereocenters. The lowest BCUT2D eigenvalue weighted by atomic mass is 9.87. The molecule has 1 aliphatic carbocycles. The Morgan fingerprint density at radius 2 is 1.57 bits per heavy atom. The Hall–Kier alpha value is -3.36. The fourth-order valence-corrected chi connectivity index (χ4v) is 5.76. The minimum absolute atomic E-state index is 0.0583. The molecule has 3 aromatic carbocycles. The Labute approximate surface area is 246 Å². The first-order valence-corrected chi connectivity index (χ1v) is 14.6. The number of piperidine rings is 1. The second-order valence-corrected chi connectivity index (χ2v) is 12.5. The van der Waals surface area contributed by atoms with Gasteiger partial charge in [-0.1, -0.05) is 63.2 Å². The predicted octanol–water partition coefficient (Wildman–Crippen LogP) is 6.29. The van der Waals surface area contributed by atoms with E-state index in [2.05, 4.69) is 31.0 Å². The lowest BCUT2D eigenvalue weighted by Gasteiger charge is -2.20. The van der Waals surface area contributed by atoms with Crippen LogP contribution in [0.1, 0.15) is 43.0 Å². The quantitative estimate of drug-likeness (QED) is 0.255. The highest BCUT2D eigenvalue weighted by Gasteiger charge is 2.55. The van der Waals surface area contributed by atoms with E-state index in [1.807, 2.05) is 48.5 Å². The summed E-state index contributed by atoms with van der Waals surface area (Å²) >= 11 is 0. The molecule has 224 valence electrons. The molecule has 8 heteroatoms. The zero-order valence-corrected chi connectivity index (χ0v) is 24.4. The van der Waals surface area contributed by atoms with Gasteiger partial charge in [-0.05, 0) is 64.3 Å². The van der Waals surface area contributed by atoms with Crippen molar-refractivity contribution in [3.63, 3.8) is 0 Å². The summed E-state index contributed by atoms with van der Waals surface area (Å²) in [5, 5.41) is 3.44. The zero-order chi connectivity index (χ0) is 29.9. The summed E-state index contributed by atoms with van der Waals surface area (Å²) in [6.07, 6.45) is -3.56. The van der Waals surface area contributed by atoms with Crippen molar-refractivity contribution in [2.75, 3.05) is 26.2 Å². The molecule has 5 nitrogen and oxygen atoms in total. The number of alkyl halides is 3. The van der Waals surface area contributed by atoms with E-state index in [1.165, 1.54) is 17.7 Å². The third kappa shape index (κ3) is 7.72. The van der Waals surface area contributed by atoms with Gasteiger partial charge in [0.25, 0.3) is 0 Å². The van der Waals surface area contributed by atoms with Gasteiger partial charge in [0, 0.05) is 38.6 Å². The van der Waals surface area contributed by atoms with Gasteiger partial charge in [-0.3, -0.25) is 9.69 Å². The fourth-order valence-electron chi connectivity index (χ4n) is 5.76. The summed E-state index contributed by atoms with van der Waals surface area (Å²) in [6.45, 7) is 10.3. The van der Waals surface area contributed by atoms with Gasteiger partial charge in [0.2, 0.25) is 0 Å². The zero-order valence-electron chi connectivity index (χ0n) is 24.4. The molecule has 0 unspecified atom stereocenters. The van der Waals surface area contributed by atoms with Gasteiger partial charge < -0.3 is 14.8 Å². The molecule has 1 aliphatic heterocycles. The van der Waals surface area contributed by atoms with Gasteiger partial charge in [-0.2, -0.15) is 13.2 Å². The molecular weight excluding hydrogens is 541 g/mol. The molecule has 0 spiro atoms. The summed E-state index contributed by atoms with van der Waals surface area (Å²) in [6, 6.07) is 21.6. The third-order valence-electron chi connectivity index (χ3n) is 8.26. The van der Waals surface area contributed by atoms with E-state index in [4.69, 9.17) is 9.47 Å². The maximum absolute atomic E-state index is 12.9. The molecule has 1 heterocycles. The first kappa shape index (κ1) is 30.1. The van der Waals surface area contributed by atoms with E-state index in [1.54, 1.807) is 6.07 Å². The number of fused-ring (bicyclic) bond motifs is 1. The van der Waals surface area contributed by atoms with Gasteiger partial charge in [-0.15, -0.1) is 0 Å². The van der Waals surface area contributed by atoms with Crippen LogP contribution in [0.15, 0.2) is 72.8 Å². The second-order valence-electron chi connectivity index (χ2n) is 12.5. The number of hydrogen-bond donors (Lipinski definition) is 1. The van der Waals surface area contributed by atoms with E-state index in [0.717, 1.165) is 43.3 Å². The lowest BCUT2D eigenvalue weighted by Crippen LogP contribution is -2.33. The first-order chi connectivity index (χ1) is 20.0. The van der Waals surface area contributed by atoms with Crippen molar-refractivity contribution in [1.29, 1.82) is 0 Å². The van der Waals surface area contributed by atoms with Crippen molar-refractivity contribution >= 4 is 6.29 Å². The second kappa shape index (κ2) is 12.5. The van der Waals surface area contributed by atoms with E-state index in [0.29, 0.717) is 48.8 Å². The Morgan fingerprint density at radius 1 is 0.905 bits per heavy atom. The number of aldehydes is 1. The van der Waals surface area contributed by atoms with Crippen molar-refractivity contribution in [2.45, 2.75) is 57.5 Å². The number of likely N-dealkylation sites (tertiary alicyclic amines) is 1. The monoisotopic (exact) mass is 580 g/mol. The molecule has 1 saturated carbocycles. The lowest BCUT2D eigenvalue weighted by molar-refractivity contribution is -0.137. The van der Waals surface area contributed by atoms with Crippen LogP contribution >= 0.6 is 0 Å². The van der Waals surface area contributed by atoms with Crippen LogP contribution in [0, 0.1) is 11.8 Å². The Bertz CT molecular complexity index is 1320. The Morgan fingerprint density at radius 3 is 2.19 bits per heavy atom. The van der Waals surface area contributed by atoms with Crippen LogP contribution in [-0.4, -0.2) is 49.6 Å². The maximum Gasteiger partial charge on any atom is 0.416 e. The molecular formula is C34H39F3N2O3. The number of rotatable bonds is 12. The van der Waals surface area contributed by atoms with Gasteiger partial charge in [-0.25, -0.2) is 0 Å². The van der Waals surface area contributed by atoms with Crippen LogP contribution in [0.25, 0.3) is 0 Å². The van der Waals surface area contributed by atoms with Gasteiger partial charge in [0.1, 0.15) is 18.1 Å². The van der Waals surface area contributed by atoms with Crippen LogP contribution in [0.2, 0.25) is 0 Å². The van der Waals surface area contributed by atoms with Crippen molar-refractivity contribution in [3.05, 3.63) is 95.1 Å². The highest BCUT2D eigenvalue weighted by atomic mass is 19.4. The van der Waals surface area contributed by atoms with Crippen molar-refractivity contribution in [3.8, 4) is 11.5 Å². The van der Waals surface area contributed by atoms with Crippen molar-refractivity contribution in [2.24, 2.45) is 11.8 Å². The average molecular weight is 581 g/mol. The van der Waals surface area contributed by atoms with Gasteiger partial charge in [0.15, 0.2) is 12.4 Å². The standard InChI is InChI=1S/C34H39F3N2O3/c1-33(2,3)25-9-13-28(14-10-25)42-29(22-40)18-23-7-11-27(12-8-23)41-16-15-39-20-30-31(21-39)32(30)38-19-24-5-4-6-26(17-24)34(35,36)37/h4-14,17,22,29-32,38H,15-16,18-21H2,1-3H3/t29-,30-,31+,32+/m0/s1. The third-order valence-corrected chi connectivity index (χ3v) is 8.26. The maximum atomic E-state index is 12.9. The smallest absolute Gasteiger partial charge is 0.416 e. The van der Waals surface area contributed by atoms with E-state index in [9.17, 15) is 18.0 Å². The number of nitrogens with one attached hydrogen (secondary N) is 1. The van der Waals surface area contributed by atoms with Crippen LogP contribution < -0.4 is 14.8 Å². The summed E-state index contributed by atoms with van der Waals surface area (Å²) in [4.78, 5) is 14.1. The highest BCUT2D eigenvalue weighted by Crippen LogP contribution is 2.45. The molecule has 1 saturated heterocycles. The van der Waals surface area contributed by atoms with Crippen LogP contribution in [0.5, 0.6) is 11.5 Å². The van der Waals surface area contributed by atoms with Gasteiger partial charge in [0.05, 0.1) is 5.56 Å². The minimum atomic E-state index is -4.31. The molecule has 5 rings (SSSR count). The molecule has 0 amide bonds. The molecule has 0 radical (unpaired) electrons. The van der Waals surface area contributed by atoms with Crippen LogP contribution in [-0.2, 0) is 29.4 Å².